The van der Waals surface area contributed by atoms with E-state index in [-0.39, 0.29) is 19.1 Å². The second-order valence-electron chi connectivity index (χ2n) is 6.34. The van der Waals surface area contributed by atoms with Crippen LogP contribution < -0.4 is 4.74 Å². The molecule has 0 N–H and O–H groups in total. The number of ether oxygens (including phenoxy) is 2. The molecule has 1 fully saturated rings. The molecule has 2 heterocycles. The molecule has 1 saturated heterocycles. The zero-order valence-electron chi connectivity index (χ0n) is 15.0. The van der Waals surface area contributed by atoms with E-state index in [0.717, 1.165) is 18.3 Å². The Kier molecular flexibility index (Phi) is 5.18. The van der Waals surface area contributed by atoms with Gasteiger partial charge in [0.15, 0.2) is 5.60 Å². The van der Waals surface area contributed by atoms with Gasteiger partial charge in [-0.3, -0.25) is 0 Å². The van der Waals surface area contributed by atoms with Gasteiger partial charge >= 0.3 is 0 Å². The summed E-state index contributed by atoms with van der Waals surface area (Å²) in [6.45, 7) is 5.07. The molecule has 0 radical (unpaired) electrons. The molecule has 0 amide bonds. The van der Waals surface area contributed by atoms with Gasteiger partial charge in [0.25, 0.3) is 0 Å². The Labute approximate surface area is 151 Å². The van der Waals surface area contributed by atoms with Crippen molar-refractivity contribution in [1.29, 1.82) is 0 Å². The third kappa shape index (κ3) is 3.67. The molecule has 26 heavy (non-hydrogen) atoms. The van der Waals surface area contributed by atoms with Crippen molar-refractivity contribution < 1.29 is 18.3 Å². The van der Waals surface area contributed by atoms with Crippen molar-refractivity contribution in [1.82, 2.24) is 9.88 Å². The van der Waals surface area contributed by atoms with Gasteiger partial charge in [-0.2, -0.15) is 0 Å². The van der Waals surface area contributed by atoms with Gasteiger partial charge in [0.05, 0.1) is 31.4 Å². The van der Waals surface area contributed by atoms with Gasteiger partial charge in [-0.15, -0.1) is 0 Å². The molecular weight excluding hydrogens is 340 g/mol. The molecule has 7 heteroatoms. The van der Waals surface area contributed by atoms with Gasteiger partial charge in [0.2, 0.25) is 5.88 Å². The zero-order valence-corrected chi connectivity index (χ0v) is 15.0. The summed E-state index contributed by atoms with van der Waals surface area (Å²) in [7, 11) is 1.90. The number of hydrogen-bond acceptors (Lipinski definition) is 4. The molecule has 1 aliphatic rings. The van der Waals surface area contributed by atoms with E-state index in [1.54, 1.807) is 12.4 Å². The summed E-state index contributed by atoms with van der Waals surface area (Å²) < 4.78 is 39.0. The Balaban J connectivity index is 1.90. The number of aliphatic imine (C=N–C) groups is 1. The van der Waals surface area contributed by atoms with E-state index < -0.39 is 17.2 Å². The van der Waals surface area contributed by atoms with Gasteiger partial charge in [-0.25, -0.2) is 18.8 Å². The molecule has 5 nitrogen and oxygen atoms in total. The van der Waals surface area contributed by atoms with Gasteiger partial charge < -0.3 is 14.4 Å². The van der Waals surface area contributed by atoms with Crippen LogP contribution in [-0.4, -0.2) is 43.0 Å². The Hall–Kier alpha value is -2.54. The number of hydrogen-bond donors (Lipinski definition) is 0. The van der Waals surface area contributed by atoms with Gasteiger partial charge in [-0.1, -0.05) is 0 Å². The highest BCUT2D eigenvalue weighted by atomic mass is 19.1. The van der Waals surface area contributed by atoms with Crippen LogP contribution in [0.25, 0.3) is 0 Å². The highest BCUT2D eigenvalue weighted by molar-refractivity contribution is 5.63. The summed E-state index contributed by atoms with van der Waals surface area (Å²) in [5.41, 5.74) is 0.795. The van der Waals surface area contributed by atoms with E-state index >= 15 is 0 Å². The number of rotatable bonds is 6. The molecule has 1 aromatic heterocycles. The molecule has 2 aromatic rings. The van der Waals surface area contributed by atoms with Crippen LogP contribution in [0.15, 0.2) is 35.5 Å². The van der Waals surface area contributed by atoms with Crippen molar-refractivity contribution in [2.75, 3.05) is 26.8 Å². The molecule has 0 bridgehead atoms. The van der Waals surface area contributed by atoms with Crippen molar-refractivity contribution in [2.24, 2.45) is 4.99 Å². The van der Waals surface area contributed by atoms with Crippen molar-refractivity contribution in [3.8, 4) is 5.88 Å². The van der Waals surface area contributed by atoms with Crippen LogP contribution in [0.1, 0.15) is 18.1 Å². The Morgan fingerprint density at radius 1 is 1.35 bits per heavy atom. The third-order valence-electron chi connectivity index (χ3n) is 4.34. The molecule has 0 atom stereocenters. The normalized spacial score (nSPS) is 15.7. The first-order chi connectivity index (χ1) is 12.4. The number of aromatic nitrogens is 1. The predicted octanol–water partition coefficient (Wildman–Crippen LogP) is 3.58. The van der Waals surface area contributed by atoms with Crippen molar-refractivity contribution in [3.63, 3.8) is 0 Å². The number of aryl methyl sites for hydroxylation is 1. The first kappa shape index (κ1) is 18.3. The van der Waals surface area contributed by atoms with Crippen LogP contribution in [0.2, 0.25) is 0 Å². The molecule has 0 aliphatic carbocycles. The van der Waals surface area contributed by atoms with E-state index in [2.05, 4.69) is 9.98 Å². The summed E-state index contributed by atoms with van der Waals surface area (Å²) >= 11 is 0. The van der Waals surface area contributed by atoms with E-state index in [0.29, 0.717) is 11.3 Å². The van der Waals surface area contributed by atoms with Crippen LogP contribution in [0.4, 0.5) is 14.5 Å². The highest BCUT2D eigenvalue weighted by Gasteiger charge is 2.45. The fraction of sp³-hybridized carbons (Fsp3) is 0.368. The predicted molar refractivity (Wildman–Crippen MR) is 94.9 cm³/mol. The fourth-order valence-corrected chi connectivity index (χ4v) is 2.58. The topological polar surface area (TPSA) is 47.0 Å². The summed E-state index contributed by atoms with van der Waals surface area (Å²) in [4.78, 5) is 10.1. The maximum atomic E-state index is 14.8. The minimum atomic E-state index is -0.970. The minimum absolute atomic E-state index is 0.198. The second kappa shape index (κ2) is 7.37. The summed E-state index contributed by atoms with van der Waals surface area (Å²) in [6, 6.07) is 5.78. The molecule has 1 aromatic carbocycles. The van der Waals surface area contributed by atoms with Gasteiger partial charge in [0, 0.05) is 31.3 Å². The van der Waals surface area contributed by atoms with Crippen molar-refractivity contribution in [3.05, 3.63) is 53.2 Å². The van der Waals surface area contributed by atoms with Crippen LogP contribution in [0.5, 0.6) is 5.88 Å². The van der Waals surface area contributed by atoms with Crippen LogP contribution in [0, 0.1) is 18.6 Å². The first-order valence-corrected chi connectivity index (χ1v) is 8.37. The summed E-state index contributed by atoms with van der Waals surface area (Å²) in [5.74, 6) is -0.664. The summed E-state index contributed by atoms with van der Waals surface area (Å²) in [5, 5.41) is 0. The van der Waals surface area contributed by atoms with Crippen molar-refractivity contribution >= 4 is 12.0 Å². The minimum Gasteiger partial charge on any atom is -0.461 e. The van der Waals surface area contributed by atoms with Crippen LogP contribution in [0.3, 0.4) is 0 Å². The first-order valence-electron chi connectivity index (χ1n) is 8.37. The Morgan fingerprint density at radius 2 is 2.12 bits per heavy atom. The quantitative estimate of drug-likeness (QED) is 0.583. The molecule has 0 spiro atoms. The lowest BCUT2D eigenvalue weighted by Gasteiger charge is -2.41. The van der Waals surface area contributed by atoms with E-state index in [9.17, 15) is 8.78 Å². The van der Waals surface area contributed by atoms with Gasteiger partial charge in [-0.05, 0) is 31.5 Å². The standard InChI is InChI=1S/C19H21F2N3O2/c1-4-24(3)12-23-17-8-16(21)15(7-13(17)2)19(10-25-11-19)26-18-6-5-14(20)9-22-18/h5-9,12H,4,10-11H2,1-3H3. The monoisotopic (exact) mass is 361 g/mol. The molecule has 3 rings (SSSR count). The molecule has 0 unspecified atom stereocenters. The van der Waals surface area contributed by atoms with E-state index in [1.807, 2.05) is 25.8 Å². The lowest BCUT2D eigenvalue weighted by atomic mass is 9.89. The SMILES string of the molecule is CCN(C)C=Nc1cc(F)c(C2(Oc3ccc(F)cn3)COC2)cc1C. The number of nitrogens with zero attached hydrogens (tertiary/aromatic N) is 3. The van der Waals surface area contributed by atoms with E-state index in [4.69, 9.17) is 9.47 Å². The lowest BCUT2D eigenvalue weighted by Crippen LogP contribution is -2.52. The Morgan fingerprint density at radius 3 is 2.69 bits per heavy atom. The zero-order chi connectivity index (χ0) is 18.7. The number of halogens is 2. The molecule has 0 saturated carbocycles. The maximum absolute atomic E-state index is 14.8. The second-order valence-corrected chi connectivity index (χ2v) is 6.34. The van der Waals surface area contributed by atoms with E-state index in [1.165, 1.54) is 18.2 Å². The largest absolute Gasteiger partial charge is 0.461 e. The molecular formula is C19H21F2N3O2. The number of pyridine rings is 1. The highest BCUT2D eigenvalue weighted by Crippen LogP contribution is 2.38. The summed E-state index contributed by atoms with van der Waals surface area (Å²) in [6.07, 6.45) is 2.73. The maximum Gasteiger partial charge on any atom is 0.214 e. The average Bonchev–Trinajstić information content (AvgIpc) is 2.60. The average molecular weight is 361 g/mol. The number of benzene rings is 1. The molecule has 1 aliphatic heterocycles. The van der Waals surface area contributed by atoms with Crippen LogP contribution in [-0.2, 0) is 10.3 Å². The smallest absolute Gasteiger partial charge is 0.214 e. The third-order valence-corrected chi connectivity index (χ3v) is 4.34. The van der Waals surface area contributed by atoms with Gasteiger partial charge in [0.1, 0.15) is 11.6 Å². The van der Waals surface area contributed by atoms with Crippen LogP contribution >= 0.6 is 0 Å². The van der Waals surface area contributed by atoms with Crippen molar-refractivity contribution in [2.45, 2.75) is 19.4 Å². The Bertz CT molecular complexity index is 805. The molecule has 138 valence electrons. The lowest BCUT2D eigenvalue weighted by molar-refractivity contribution is -0.171. The fourth-order valence-electron chi connectivity index (χ4n) is 2.58.